The summed E-state index contributed by atoms with van der Waals surface area (Å²) in [4.78, 5) is 18.1. The summed E-state index contributed by atoms with van der Waals surface area (Å²) in [7, 11) is 1.69. The van der Waals surface area contributed by atoms with Crippen molar-refractivity contribution in [2.24, 2.45) is 13.0 Å². The molecule has 5 rings (SSSR count). The van der Waals surface area contributed by atoms with Crippen LogP contribution in [0.25, 0.3) is 5.65 Å². The second-order valence-electron chi connectivity index (χ2n) is 7.17. The summed E-state index contributed by atoms with van der Waals surface area (Å²) >= 11 is 0. The van der Waals surface area contributed by atoms with Gasteiger partial charge in [-0.25, -0.2) is 4.98 Å². The zero-order valence-corrected chi connectivity index (χ0v) is 14.5. The minimum atomic E-state index is -0.0596. The number of hydrogen-bond acceptors (Lipinski definition) is 7. The Labute approximate surface area is 149 Å². The lowest BCUT2D eigenvalue weighted by Crippen LogP contribution is -2.50. The van der Waals surface area contributed by atoms with Crippen LogP contribution in [0.2, 0.25) is 0 Å². The molecule has 0 spiro atoms. The first-order valence-electron chi connectivity index (χ1n) is 8.91. The molecule has 2 fully saturated rings. The largest absolute Gasteiger partial charge is 0.369 e. The van der Waals surface area contributed by atoms with Crippen molar-refractivity contribution in [2.75, 3.05) is 29.9 Å². The van der Waals surface area contributed by atoms with Crippen LogP contribution in [0.15, 0.2) is 29.3 Å². The molecule has 1 aliphatic heterocycles. The Hall–Kier alpha value is -2.97. The van der Waals surface area contributed by atoms with E-state index in [1.54, 1.807) is 7.05 Å². The highest BCUT2D eigenvalue weighted by atomic mass is 16.1. The van der Waals surface area contributed by atoms with E-state index in [4.69, 9.17) is 5.10 Å². The van der Waals surface area contributed by atoms with Gasteiger partial charge < -0.3 is 14.8 Å². The summed E-state index contributed by atoms with van der Waals surface area (Å²) in [6.45, 7) is 2.65. The third kappa shape index (κ3) is 2.69. The van der Waals surface area contributed by atoms with Crippen molar-refractivity contribution in [3.8, 4) is 0 Å². The highest BCUT2D eigenvalue weighted by molar-refractivity contribution is 5.48. The Bertz CT molecular complexity index is 1020. The van der Waals surface area contributed by atoms with Crippen molar-refractivity contribution < 1.29 is 0 Å². The monoisotopic (exact) mass is 352 g/mol. The predicted octanol–water partition coefficient (Wildman–Crippen LogP) is 0.644. The third-order valence-electron chi connectivity index (χ3n) is 5.05. The Kier molecular flexibility index (Phi) is 3.41. The van der Waals surface area contributed by atoms with E-state index in [9.17, 15) is 4.79 Å². The average Bonchev–Trinajstić information content (AvgIpc) is 3.36. The standard InChI is InChI=1S/C17H20N8O/c1-23-10-19-13(6-16(23)26)18-7-11-8-24(9-11)15-5-4-14-20-21-17(12-2-3-12)25(14)22-15/h4-6,10-12,18H,2-3,7-9H2,1H3. The van der Waals surface area contributed by atoms with Crippen molar-refractivity contribution in [3.05, 3.63) is 40.7 Å². The van der Waals surface area contributed by atoms with Crippen LogP contribution in [-0.2, 0) is 7.05 Å². The highest BCUT2D eigenvalue weighted by Crippen LogP contribution is 2.38. The number of fused-ring (bicyclic) bond motifs is 1. The van der Waals surface area contributed by atoms with Crippen LogP contribution in [0, 0.1) is 5.92 Å². The normalized spacial score (nSPS) is 17.5. The van der Waals surface area contributed by atoms with E-state index in [2.05, 4.69) is 25.4 Å². The fourth-order valence-corrected chi connectivity index (χ4v) is 3.25. The zero-order chi connectivity index (χ0) is 17.7. The second-order valence-corrected chi connectivity index (χ2v) is 7.17. The molecule has 3 aromatic heterocycles. The van der Waals surface area contributed by atoms with E-state index in [0.717, 1.165) is 36.9 Å². The Balaban J connectivity index is 1.22. The zero-order valence-electron chi connectivity index (χ0n) is 14.5. The van der Waals surface area contributed by atoms with Crippen LogP contribution in [0.1, 0.15) is 24.6 Å². The van der Waals surface area contributed by atoms with Crippen molar-refractivity contribution in [2.45, 2.75) is 18.8 Å². The molecule has 3 aromatic rings. The summed E-state index contributed by atoms with van der Waals surface area (Å²) < 4.78 is 3.35. The average molecular weight is 352 g/mol. The van der Waals surface area contributed by atoms with Crippen molar-refractivity contribution in [3.63, 3.8) is 0 Å². The lowest BCUT2D eigenvalue weighted by atomic mass is 10.0. The van der Waals surface area contributed by atoms with Crippen LogP contribution in [-0.4, -0.2) is 49.0 Å². The van der Waals surface area contributed by atoms with E-state index in [-0.39, 0.29) is 5.56 Å². The third-order valence-corrected chi connectivity index (χ3v) is 5.05. The molecule has 0 amide bonds. The van der Waals surface area contributed by atoms with Crippen molar-refractivity contribution >= 4 is 17.3 Å². The number of aryl methyl sites for hydroxylation is 1. The van der Waals surface area contributed by atoms with E-state index in [1.165, 1.54) is 29.8 Å². The van der Waals surface area contributed by atoms with Gasteiger partial charge in [0.05, 0.1) is 6.33 Å². The van der Waals surface area contributed by atoms with Crippen LogP contribution in [0.5, 0.6) is 0 Å². The number of rotatable bonds is 5. The molecule has 134 valence electrons. The minimum Gasteiger partial charge on any atom is -0.369 e. The van der Waals surface area contributed by atoms with Gasteiger partial charge >= 0.3 is 0 Å². The summed E-state index contributed by atoms with van der Waals surface area (Å²) in [5.41, 5.74) is 0.752. The molecule has 1 saturated heterocycles. The summed E-state index contributed by atoms with van der Waals surface area (Å²) in [6.07, 6.45) is 3.90. The number of anilines is 2. The van der Waals surface area contributed by atoms with Crippen LogP contribution in [0.4, 0.5) is 11.6 Å². The van der Waals surface area contributed by atoms with Gasteiger partial charge in [0.2, 0.25) is 0 Å². The Morgan fingerprint density at radius 1 is 1.23 bits per heavy atom. The van der Waals surface area contributed by atoms with E-state index in [1.807, 2.05) is 16.6 Å². The molecule has 0 atom stereocenters. The number of hydrogen-bond donors (Lipinski definition) is 1. The first-order valence-corrected chi connectivity index (χ1v) is 8.91. The first kappa shape index (κ1) is 15.3. The van der Waals surface area contributed by atoms with Gasteiger partial charge in [0.15, 0.2) is 11.5 Å². The smallest absolute Gasteiger partial charge is 0.255 e. The molecule has 1 N–H and O–H groups in total. The predicted molar refractivity (Wildman–Crippen MR) is 96.4 cm³/mol. The fourth-order valence-electron chi connectivity index (χ4n) is 3.25. The van der Waals surface area contributed by atoms with Crippen molar-refractivity contribution in [1.29, 1.82) is 0 Å². The number of nitrogens with one attached hydrogen (secondary N) is 1. The Morgan fingerprint density at radius 2 is 2.08 bits per heavy atom. The first-order chi connectivity index (χ1) is 12.7. The SMILES string of the molecule is Cn1cnc(NCC2CN(c3ccc4nnc(C5CC5)n4n3)C2)cc1=O. The molecule has 2 aliphatic rings. The van der Waals surface area contributed by atoms with Gasteiger partial charge in [0.25, 0.3) is 5.56 Å². The van der Waals surface area contributed by atoms with Gasteiger partial charge in [-0.3, -0.25) is 4.79 Å². The lowest BCUT2D eigenvalue weighted by molar-refractivity contribution is 0.424. The molecule has 1 saturated carbocycles. The summed E-state index contributed by atoms with van der Waals surface area (Å²) in [5, 5.41) is 16.5. The minimum absolute atomic E-state index is 0.0596. The molecule has 0 unspecified atom stereocenters. The molecule has 9 heteroatoms. The molecule has 1 aliphatic carbocycles. The topological polar surface area (TPSA) is 93.2 Å². The molecule has 0 radical (unpaired) electrons. The molecule has 0 aromatic carbocycles. The lowest BCUT2D eigenvalue weighted by Gasteiger charge is -2.40. The summed E-state index contributed by atoms with van der Waals surface area (Å²) in [5.74, 6) is 3.60. The van der Waals surface area contributed by atoms with Crippen LogP contribution >= 0.6 is 0 Å². The molecule has 4 heterocycles. The Morgan fingerprint density at radius 3 is 2.85 bits per heavy atom. The van der Waals surface area contributed by atoms with E-state index >= 15 is 0 Å². The highest BCUT2D eigenvalue weighted by Gasteiger charge is 2.31. The van der Waals surface area contributed by atoms with Crippen LogP contribution in [0.3, 0.4) is 0 Å². The number of nitrogens with zero attached hydrogens (tertiary/aromatic N) is 7. The van der Waals surface area contributed by atoms with Gasteiger partial charge in [0, 0.05) is 44.6 Å². The van der Waals surface area contributed by atoms with E-state index < -0.39 is 0 Å². The molecular formula is C17H20N8O. The van der Waals surface area contributed by atoms with E-state index in [0.29, 0.717) is 17.7 Å². The summed E-state index contributed by atoms with van der Waals surface area (Å²) in [6, 6.07) is 5.51. The maximum atomic E-state index is 11.6. The maximum absolute atomic E-state index is 11.6. The maximum Gasteiger partial charge on any atom is 0.255 e. The van der Waals surface area contributed by atoms with Gasteiger partial charge in [-0.15, -0.1) is 15.3 Å². The number of aromatic nitrogens is 6. The molecule has 0 bridgehead atoms. The fraction of sp³-hybridized carbons (Fsp3) is 0.471. The molecular weight excluding hydrogens is 332 g/mol. The van der Waals surface area contributed by atoms with Gasteiger partial charge in [-0.05, 0) is 25.0 Å². The second kappa shape index (κ2) is 5.79. The van der Waals surface area contributed by atoms with Gasteiger partial charge in [0.1, 0.15) is 11.6 Å². The van der Waals surface area contributed by atoms with Crippen LogP contribution < -0.4 is 15.8 Å². The quantitative estimate of drug-likeness (QED) is 0.720. The van der Waals surface area contributed by atoms with Crippen molar-refractivity contribution in [1.82, 2.24) is 29.4 Å². The molecule has 26 heavy (non-hydrogen) atoms. The molecule has 9 nitrogen and oxygen atoms in total. The van der Waals surface area contributed by atoms with Gasteiger partial charge in [-0.1, -0.05) is 0 Å². The van der Waals surface area contributed by atoms with Gasteiger partial charge in [-0.2, -0.15) is 4.52 Å².